The lowest BCUT2D eigenvalue weighted by molar-refractivity contribution is 0.175. The van der Waals surface area contributed by atoms with Crippen LogP contribution in [0.1, 0.15) is 6.92 Å². The summed E-state index contributed by atoms with van der Waals surface area (Å²) in [5.74, 6) is 0.0415. The summed E-state index contributed by atoms with van der Waals surface area (Å²) >= 11 is 0. The van der Waals surface area contributed by atoms with E-state index in [2.05, 4.69) is 15.0 Å². The van der Waals surface area contributed by atoms with Gasteiger partial charge in [0.05, 0.1) is 19.0 Å². The van der Waals surface area contributed by atoms with E-state index in [1.807, 2.05) is 0 Å². The van der Waals surface area contributed by atoms with Crippen LogP contribution in [0.25, 0.3) is 11.2 Å². The van der Waals surface area contributed by atoms with Crippen molar-refractivity contribution in [1.82, 2.24) is 19.5 Å². The summed E-state index contributed by atoms with van der Waals surface area (Å²) in [4.78, 5) is 21.6. The molecule has 0 aliphatic carbocycles. The normalized spacial score (nSPS) is 13.2. The summed E-state index contributed by atoms with van der Waals surface area (Å²) in [5.41, 5.74) is 5.65. The molecular formula is C8H11N5O2. The number of rotatable bonds is 2. The molecule has 0 amide bonds. The van der Waals surface area contributed by atoms with Crippen molar-refractivity contribution in [2.75, 3.05) is 5.73 Å². The van der Waals surface area contributed by atoms with E-state index in [1.54, 1.807) is 11.5 Å². The lowest BCUT2D eigenvalue weighted by atomic mass is 10.4. The van der Waals surface area contributed by atoms with Crippen LogP contribution in [0.3, 0.4) is 0 Å². The first-order valence-corrected chi connectivity index (χ1v) is 4.46. The Labute approximate surface area is 84.6 Å². The zero-order valence-corrected chi connectivity index (χ0v) is 8.14. The van der Waals surface area contributed by atoms with Gasteiger partial charge in [0, 0.05) is 0 Å². The number of aliphatic hydroxyl groups is 1. The average Bonchev–Trinajstić information content (AvgIpc) is 2.48. The van der Waals surface area contributed by atoms with Crippen LogP contribution >= 0.6 is 0 Å². The van der Waals surface area contributed by atoms with Gasteiger partial charge < -0.3 is 15.4 Å². The van der Waals surface area contributed by atoms with E-state index in [-0.39, 0.29) is 17.0 Å². The Morgan fingerprint density at radius 1 is 1.73 bits per heavy atom. The highest BCUT2D eigenvalue weighted by Gasteiger charge is 2.09. The highest BCUT2D eigenvalue weighted by Crippen LogP contribution is 2.06. The Morgan fingerprint density at radius 2 is 2.47 bits per heavy atom. The predicted octanol–water partition coefficient (Wildman–Crippen LogP) is -0.917. The fraction of sp³-hybridized carbons (Fsp3) is 0.375. The van der Waals surface area contributed by atoms with Gasteiger partial charge in [0.25, 0.3) is 5.56 Å². The second-order valence-corrected chi connectivity index (χ2v) is 3.37. The van der Waals surface area contributed by atoms with E-state index >= 15 is 0 Å². The standard InChI is InChI=1S/C8H11N5O2/c1-4(14)2-13-3-10-5-6(13)11-8(9)12-7(5)15/h3-4,14H,2H2,1H3,(H3,9,11,12,15)/t4-/m1/s1. The Bertz CT molecular complexity index is 541. The zero-order chi connectivity index (χ0) is 11.0. The minimum Gasteiger partial charge on any atom is -0.392 e. The molecule has 0 fully saturated rings. The maximum atomic E-state index is 11.4. The molecule has 1 atom stereocenters. The maximum absolute atomic E-state index is 11.4. The molecule has 0 saturated heterocycles. The summed E-state index contributed by atoms with van der Waals surface area (Å²) in [6, 6.07) is 0. The van der Waals surface area contributed by atoms with Gasteiger partial charge in [-0.3, -0.25) is 9.78 Å². The van der Waals surface area contributed by atoms with Gasteiger partial charge in [0.1, 0.15) is 0 Å². The van der Waals surface area contributed by atoms with Crippen molar-refractivity contribution >= 4 is 17.1 Å². The highest BCUT2D eigenvalue weighted by molar-refractivity contribution is 5.70. The van der Waals surface area contributed by atoms with E-state index < -0.39 is 6.10 Å². The molecule has 7 nitrogen and oxygen atoms in total. The summed E-state index contributed by atoms with van der Waals surface area (Å²) in [6.45, 7) is 1.97. The number of hydrogen-bond donors (Lipinski definition) is 3. The van der Waals surface area contributed by atoms with Crippen LogP contribution in [0, 0.1) is 0 Å². The summed E-state index contributed by atoms with van der Waals surface area (Å²) in [5, 5.41) is 9.23. The van der Waals surface area contributed by atoms with E-state index in [9.17, 15) is 9.90 Å². The molecule has 0 unspecified atom stereocenters. The molecule has 0 radical (unpaired) electrons. The molecule has 0 aliphatic rings. The molecule has 15 heavy (non-hydrogen) atoms. The molecule has 7 heteroatoms. The number of nitrogens with one attached hydrogen (secondary N) is 1. The van der Waals surface area contributed by atoms with Crippen molar-refractivity contribution < 1.29 is 5.11 Å². The van der Waals surface area contributed by atoms with Crippen LogP contribution in [0.2, 0.25) is 0 Å². The molecule has 2 heterocycles. The minimum atomic E-state index is -0.537. The molecule has 80 valence electrons. The van der Waals surface area contributed by atoms with Gasteiger partial charge in [-0.25, -0.2) is 4.98 Å². The molecule has 0 saturated carbocycles. The van der Waals surface area contributed by atoms with E-state index in [0.29, 0.717) is 12.2 Å². The van der Waals surface area contributed by atoms with Crippen LogP contribution in [0.4, 0.5) is 5.95 Å². The quantitative estimate of drug-likeness (QED) is 0.592. The maximum Gasteiger partial charge on any atom is 0.280 e. The molecule has 2 rings (SSSR count). The van der Waals surface area contributed by atoms with E-state index in [1.165, 1.54) is 6.33 Å². The number of aromatic nitrogens is 4. The van der Waals surface area contributed by atoms with Gasteiger partial charge in [-0.2, -0.15) is 4.98 Å². The summed E-state index contributed by atoms with van der Waals surface area (Å²) in [7, 11) is 0. The second kappa shape index (κ2) is 3.35. The number of aromatic amines is 1. The van der Waals surface area contributed by atoms with Crippen molar-refractivity contribution in [1.29, 1.82) is 0 Å². The van der Waals surface area contributed by atoms with Gasteiger partial charge in [0.2, 0.25) is 5.95 Å². The van der Waals surface area contributed by atoms with Crippen molar-refractivity contribution in [2.24, 2.45) is 0 Å². The van der Waals surface area contributed by atoms with Gasteiger partial charge in [-0.1, -0.05) is 0 Å². The Morgan fingerprint density at radius 3 is 3.13 bits per heavy atom. The second-order valence-electron chi connectivity index (χ2n) is 3.37. The van der Waals surface area contributed by atoms with Crippen molar-refractivity contribution in [2.45, 2.75) is 19.6 Å². The smallest absolute Gasteiger partial charge is 0.280 e. The molecule has 0 aromatic carbocycles. The Balaban J connectivity index is 2.63. The molecule has 0 bridgehead atoms. The van der Waals surface area contributed by atoms with Crippen LogP contribution in [-0.4, -0.2) is 30.7 Å². The molecule has 0 spiro atoms. The van der Waals surface area contributed by atoms with E-state index in [0.717, 1.165) is 0 Å². The number of nitrogens with zero attached hydrogens (tertiary/aromatic N) is 3. The number of nitrogen functional groups attached to an aromatic ring is 1. The number of aliphatic hydroxyl groups excluding tert-OH is 1. The minimum absolute atomic E-state index is 0.0415. The first-order valence-electron chi connectivity index (χ1n) is 4.46. The third-order valence-electron chi connectivity index (χ3n) is 1.95. The first kappa shape index (κ1) is 9.66. The zero-order valence-electron chi connectivity index (χ0n) is 8.14. The molecule has 4 N–H and O–H groups in total. The first-order chi connectivity index (χ1) is 7.08. The Hall–Kier alpha value is -1.89. The lowest BCUT2D eigenvalue weighted by Crippen LogP contribution is -2.15. The molecule has 2 aromatic rings. The highest BCUT2D eigenvalue weighted by atomic mass is 16.3. The SMILES string of the molecule is C[C@@H](O)Cn1cnc2c(=O)[nH]c(N)nc21. The van der Waals surface area contributed by atoms with Gasteiger partial charge in [-0.15, -0.1) is 0 Å². The van der Waals surface area contributed by atoms with Gasteiger partial charge >= 0.3 is 0 Å². The van der Waals surface area contributed by atoms with Crippen LogP contribution in [0.5, 0.6) is 0 Å². The summed E-state index contributed by atoms with van der Waals surface area (Å²) < 4.78 is 1.59. The lowest BCUT2D eigenvalue weighted by Gasteiger charge is -2.05. The van der Waals surface area contributed by atoms with Crippen LogP contribution in [0.15, 0.2) is 11.1 Å². The van der Waals surface area contributed by atoms with Crippen molar-refractivity contribution in [3.63, 3.8) is 0 Å². The van der Waals surface area contributed by atoms with Gasteiger partial charge in [-0.05, 0) is 6.92 Å². The van der Waals surface area contributed by atoms with Crippen molar-refractivity contribution in [3.05, 3.63) is 16.7 Å². The fourth-order valence-electron chi connectivity index (χ4n) is 1.39. The average molecular weight is 209 g/mol. The number of hydrogen-bond acceptors (Lipinski definition) is 5. The predicted molar refractivity (Wildman–Crippen MR) is 54.2 cm³/mol. The number of H-pyrrole nitrogens is 1. The fourth-order valence-corrected chi connectivity index (χ4v) is 1.39. The number of imidazole rings is 1. The summed E-state index contributed by atoms with van der Waals surface area (Å²) in [6.07, 6.45) is 0.920. The van der Waals surface area contributed by atoms with Crippen molar-refractivity contribution in [3.8, 4) is 0 Å². The largest absolute Gasteiger partial charge is 0.392 e. The molecule has 2 aromatic heterocycles. The van der Waals surface area contributed by atoms with Gasteiger partial charge in [0.15, 0.2) is 11.2 Å². The van der Waals surface area contributed by atoms with Crippen LogP contribution in [-0.2, 0) is 6.54 Å². The topological polar surface area (TPSA) is 110 Å². The van der Waals surface area contributed by atoms with Crippen LogP contribution < -0.4 is 11.3 Å². The molecule has 0 aliphatic heterocycles. The molecular weight excluding hydrogens is 198 g/mol. The number of fused-ring (bicyclic) bond motifs is 1. The number of nitrogens with two attached hydrogens (primary N) is 1. The third kappa shape index (κ3) is 1.68. The Kier molecular flexibility index (Phi) is 2.16. The number of anilines is 1. The third-order valence-corrected chi connectivity index (χ3v) is 1.95. The van der Waals surface area contributed by atoms with E-state index in [4.69, 9.17) is 5.73 Å². The monoisotopic (exact) mass is 209 g/mol.